The van der Waals surface area contributed by atoms with Gasteiger partial charge in [-0.1, -0.05) is 32.4 Å². The van der Waals surface area contributed by atoms with E-state index in [0.717, 1.165) is 0 Å². The Hall–Kier alpha value is -5.34. The molecular formula is C43H69N9O11. The molecular weight excluding hydrogens is 819 g/mol. The highest BCUT2D eigenvalue weighted by atomic mass is 16.4. The standard InChI is InChI=1S/C43H69N9O11/c1-23(2)19-29-38(59)48-31(22-34(56)57)39(60)50-35(25(4)53)41(62)45-24(3)36(42(63)51-43(5,6)7)52-18-10-12-32(52)40(61)49-30(20-26-13-15-28(54)16-14-26)37(58)46-27(11-8-9-17-44)21-33(55)47-29/h13-16,23-25,27,29-32,35-36,53-54H,8-12,17-22,44H2,1-7H3,(H,45,62)(H,46,58)(H,47,55)(H,48,59)(H,49,61)(H,50,60)(H,51,63)(H,56,57)/t24-,25-,27+,29+,30+,31-,32+,35+,36+/m1/s1. The first-order valence-electron chi connectivity index (χ1n) is 21.8. The van der Waals surface area contributed by atoms with Gasteiger partial charge in [0.25, 0.3) is 0 Å². The summed E-state index contributed by atoms with van der Waals surface area (Å²) in [4.78, 5) is 112. The van der Waals surface area contributed by atoms with Crippen LogP contribution in [0, 0.1) is 5.92 Å². The molecule has 2 fully saturated rings. The van der Waals surface area contributed by atoms with E-state index < -0.39 is 114 Å². The van der Waals surface area contributed by atoms with Crippen molar-refractivity contribution in [3.05, 3.63) is 29.8 Å². The smallest absolute Gasteiger partial charge is 0.305 e. The van der Waals surface area contributed by atoms with Gasteiger partial charge in [0, 0.05) is 24.4 Å². The minimum absolute atomic E-state index is 0.00727. The van der Waals surface area contributed by atoms with Crippen molar-refractivity contribution in [3.63, 3.8) is 0 Å². The van der Waals surface area contributed by atoms with Crippen LogP contribution in [0.5, 0.6) is 5.75 Å². The second-order valence-corrected chi connectivity index (χ2v) is 18.1. The van der Waals surface area contributed by atoms with E-state index >= 15 is 0 Å². The molecule has 1 aromatic carbocycles. The fraction of sp³-hybridized carbons (Fsp3) is 0.674. The van der Waals surface area contributed by atoms with Crippen LogP contribution in [0.1, 0.15) is 105 Å². The predicted molar refractivity (Wildman–Crippen MR) is 231 cm³/mol. The number of carboxylic acids is 1. The number of nitrogens with two attached hydrogens (primary N) is 1. The minimum Gasteiger partial charge on any atom is -0.508 e. The molecule has 0 unspecified atom stereocenters. The highest BCUT2D eigenvalue weighted by Crippen LogP contribution is 2.24. The van der Waals surface area contributed by atoms with Gasteiger partial charge >= 0.3 is 5.97 Å². The zero-order valence-electron chi connectivity index (χ0n) is 37.5. The summed E-state index contributed by atoms with van der Waals surface area (Å²) in [6, 6.07) is -3.85. The summed E-state index contributed by atoms with van der Waals surface area (Å²) in [6.07, 6.45) is -0.592. The van der Waals surface area contributed by atoms with E-state index in [1.165, 1.54) is 26.0 Å². The number of unbranched alkanes of at least 4 members (excludes halogenated alkanes) is 1. The van der Waals surface area contributed by atoms with Gasteiger partial charge in [0.1, 0.15) is 36.0 Å². The number of fused-ring (bicyclic) bond motifs is 1. The number of nitrogens with zero attached hydrogens (tertiary/aromatic N) is 1. The topological polar surface area (TPSA) is 311 Å². The third-order valence-electron chi connectivity index (χ3n) is 10.8. The third-order valence-corrected chi connectivity index (χ3v) is 10.8. The lowest BCUT2D eigenvalue weighted by Gasteiger charge is -2.38. The molecule has 0 bridgehead atoms. The van der Waals surface area contributed by atoms with Crippen LogP contribution in [0.25, 0.3) is 0 Å². The molecule has 7 amide bonds. The number of nitrogens with one attached hydrogen (secondary N) is 7. The van der Waals surface area contributed by atoms with Gasteiger partial charge in [-0.25, -0.2) is 0 Å². The Morgan fingerprint density at radius 3 is 2.05 bits per heavy atom. The molecule has 12 N–H and O–H groups in total. The number of hydrogen-bond donors (Lipinski definition) is 11. The van der Waals surface area contributed by atoms with Gasteiger partial charge in [-0.05, 0) is 103 Å². The molecule has 20 nitrogen and oxygen atoms in total. The van der Waals surface area contributed by atoms with Crippen LogP contribution in [0.15, 0.2) is 24.3 Å². The maximum absolute atomic E-state index is 14.4. The van der Waals surface area contributed by atoms with Crippen molar-refractivity contribution in [3.8, 4) is 5.75 Å². The van der Waals surface area contributed by atoms with E-state index in [1.807, 2.05) is 0 Å². The predicted octanol–water partition coefficient (Wildman–Crippen LogP) is -0.955. The lowest BCUT2D eigenvalue weighted by molar-refractivity contribution is -0.142. The minimum atomic E-state index is -1.76. The summed E-state index contributed by atoms with van der Waals surface area (Å²) in [7, 11) is 0. The Morgan fingerprint density at radius 2 is 1.46 bits per heavy atom. The molecule has 2 heterocycles. The Labute approximate surface area is 369 Å². The number of aliphatic carboxylic acids is 1. The van der Waals surface area contributed by atoms with E-state index in [-0.39, 0.29) is 43.9 Å². The van der Waals surface area contributed by atoms with Gasteiger partial charge in [0.2, 0.25) is 41.4 Å². The van der Waals surface area contributed by atoms with Crippen LogP contribution in [0.3, 0.4) is 0 Å². The van der Waals surface area contributed by atoms with E-state index in [9.17, 15) is 53.7 Å². The number of phenolic OH excluding ortho intramolecular Hbond substituents is 1. The molecule has 0 aromatic heterocycles. The highest BCUT2D eigenvalue weighted by Gasteiger charge is 2.44. The largest absolute Gasteiger partial charge is 0.508 e. The average Bonchev–Trinajstić information content (AvgIpc) is 3.64. The first-order chi connectivity index (χ1) is 29.5. The van der Waals surface area contributed by atoms with Gasteiger partial charge in [-0.2, -0.15) is 0 Å². The molecule has 2 aliphatic heterocycles. The number of carbonyl (C=O) groups excluding carboxylic acids is 7. The number of rotatable bonds is 12. The monoisotopic (exact) mass is 888 g/mol. The van der Waals surface area contributed by atoms with E-state index in [1.54, 1.807) is 51.7 Å². The van der Waals surface area contributed by atoms with Crippen molar-refractivity contribution >= 4 is 47.3 Å². The molecule has 2 saturated heterocycles. The lowest BCUT2D eigenvalue weighted by Crippen LogP contribution is -2.65. The number of amides is 7. The molecule has 0 saturated carbocycles. The van der Waals surface area contributed by atoms with Gasteiger partial charge < -0.3 is 58.3 Å². The summed E-state index contributed by atoms with van der Waals surface area (Å²) in [5.74, 6) is -6.99. The second kappa shape index (κ2) is 23.9. The molecule has 0 spiro atoms. The Bertz CT molecular complexity index is 1770. The first kappa shape index (κ1) is 52.0. The number of aliphatic hydroxyl groups is 1. The van der Waals surface area contributed by atoms with E-state index in [4.69, 9.17) is 5.73 Å². The van der Waals surface area contributed by atoms with Crippen molar-refractivity contribution in [1.29, 1.82) is 0 Å². The lowest BCUT2D eigenvalue weighted by atomic mass is 9.99. The Kier molecular flexibility index (Phi) is 19.7. The molecule has 1 aromatic rings. The van der Waals surface area contributed by atoms with Gasteiger partial charge in [0.05, 0.1) is 24.6 Å². The van der Waals surface area contributed by atoms with Crippen molar-refractivity contribution < 1.29 is 53.7 Å². The molecule has 20 heteroatoms. The number of phenols is 1. The molecule has 2 aliphatic rings. The fourth-order valence-corrected chi connectivity index (χ4v) is 7.81. The maximum atomic E-state index is 14.4. The summed E-state index contributed by atoms with van der Waals surface area (Å²) in [5, 5.41) is 49.3. The fourth-order valence-electron chi connectivity index (χ4n) is 7.81. The Morgan fingerprint density at radius 1 is 0.841 bits per heavy atom. The van der Waals surface area contributed by atoms with Crippen LogP contribution < -0.4 is 43.0 Å². The molecule has 0 radical (unpaired) electrons. The van der Waals surface area contributed by atoms with Crippen LogP contribution in [0.4, 0.5) is 0 Å². The second-order valence-electron chi connectivity index (χ2n) is 18.1. The summed E-state index contributed by atoms with van der Waals surface area (Å²) in [5.41, 5.74) is 5.60. The zero-order valence-corrected chi connectivity index (χ0v) is 37.5. The number of aliphatic hydroxyl groups excluding tert-OH is 1. The van der Waals surface area contributed by atoms with E-state index in [0.29, 0.717) is 37.8 Å². The normalized spacial score (nSPS) is 27.0. The summed E-state index contributed by atoms with van der Waals surface area (Å²) in [6.45, 7) is 12.2. The number of aromatic hydroxyl groups is 1. The van der Waals surface area contributed by atoms with Gasteiger partial charge in [-0.15, -0.1) is 0 Å². The number of carboxylic acid groups (broad SMARTS) is 1. The maximum Gasteiger partial charge on any atom is 0.305 e. The average molecular weight is 888 g/mol. The molecule has 63 heavy (non-hydrogen) atoms. The van der Waals surface area contributed by atoms with Crippen molar-refractivity contribution in [2.24, 2.45) is 11.7 Å². The third kappa shape index (κ3) is 16.7. The Balaban J connectivity index is 2.18. The van der Waals surface area contributed by atoms with Crippen LogP contribution in [-0.4, -0.2) is 141 Å². The van der Waals surface area contributed by atoms with Crippen molar-refractivity contribution in [2.75, 3.05) is 13.1 Å². The van der Waals surface area contributed by atoms with Crippen LogP contribution in [0.2, 0.25) is 0 Å². The van der Waals surface area contributed by atoms with Crippen molar-refractivity contribution in [2.45, 2.75) is 166 Å². The molecule has 3 rings (SSSR count). The van der Waals surface area contributed by atoms with Crippen LogP contribution in [-0.2, 0) is 44.8 Å². The first-order valence-corrected chi connectivity index (χ1v) is 21.8. The molecule has 0 aliphatic carbocycles. The van der Waals surface area contributed by atoms with Crippen LogP contribution >= 0.6 is 0 Å². The van der Waals surface area contributed by atoms with Gasteiger partial charge in [0.15, 0.2) is 0 Å². The zero-order chi connectivity index (χ0) is 47.2. The number of carbonyl (C=O) groups is 8. The van der Waals surface area contributed by atoms with E-state index in [2.05, 4.69) is 37.2 Å². The van der Waals surface area contributed by atoms with Crippen molar-refractivity contribution in [1.82, 2.24) is 42.1 Å². The van der Waals surface area contributed by atoms with Gasteiger partial charge in [-0.3, -0.25) is 43.3 Å². The summed E-state index contributed by atoms with van der Waals surface area (Å²) >= 11 is 0. The number of hydrogen-bond acceptors (Lipinski definition) is 12. The SMILES string of the molecule is CC(C)C[C@@H]1NC(=O)C[C@H](CCCCN)NC(=O)[C@H](Cc2ccc(O)cc2)NC(=O)[C@@H]2CCCN2[C@H](C(=O)NC(C)(C)C)[C@@H](C)NC(=O)[C@H]([C@@H](C)O)NC(=O)[C@@H](CC(=O)O)NC1=O. The highest BCUT2D eigenvalue weighted by molar-refractivity contribution is 5.97. The molecule has 9 atom stereocenters. The molecule has 352 valence electrons. The summed E-state index contributed by atoms with van der Waals surface area (Å²) < 4.78 is 0. The number of benzene rings is 1. The quantitative estimate of drug-likeness (QED) is 0.113.